The SMILES string of the molecule is Cc1ccc(C(=O)Nc2ccc(C(F)(F)F)cc2N)cc1. The lowest BCUT2D eigenvalue weighted by atomic mass is 10.1. The number of amides is 1. The van der Waals surface area contributed by atoms with Crippen LogP contribution in [0.2, 0.25) is 0 Å². The Bertz CT molecular complexity index is 664. The third-order valence-electron chi connectivity index (χ3n) is 2.94. The third-order valence-corrected chi connectivity index (χ3v) is 2.94. The molecule has 0 aliphatic heterocycles. The lowest BCUT2D eigenvalue weighted by Gasteiger charge is -2.12. The summed E-state index contributed by atoms with van der Waals surface area (Å²) in [5.74, 6) is -0.429. The summed E-state index contributed by atoms with van der Waals surface area (Å²) in [5.41, 5.74) is 6.12. The maximum absolute atomic E-state index is 12.5. The summed E-state index contributed by atoms with van der Waals surface area (Å²) in [5, 5.41) is 2.49. The monoisotopic (exact) mass is 294 g/mol. The van der Waals surface area contributed by atoms with Gasteiger partial charge in [0.15, 0.2) is 0 Å². The van der Waals surface area contributed by atoms with Gasteiger partial charge in [0.1, 0.15) is 0 Å². The number of nitrogens with one attached hydrogen (secondary N) is 1. The molecule has 3 nitrogen and oxygen atoms in total. The Balaban J connectivity index is 2.20. The molecule has 0 saturated heterocycles. The predicted molar refractivity (Wildman–Crippen MR) is 75.0 cm³/mol. The third kappa shape index (κ3) is 3.53. The minimum absolute atomic E-state index is 0.134. The van der Waals surface area contributed by atoms with E-state index >= 15 is 0 Å². The Labute approximate surface area is 119 Å². The summed E-state index contributed by atoms with van der Waals surface area (Å²) in [6, 6.07) is 9.61. The van der Waals surface area contributed by atoms with E-state index in [9.17, 15) is 18.0 Å². The van der Waals surface area contributed by atoms with Gasteiger partial charge in [-0.1, -0.05) is 17.7 Å². The molecule has 0 fully saturated rings. The maximum atomic E-state index is 12.5. The van der Waals surface area contributed by atoms with E-state index in [1.807, 2.05) is 6.92 Å². The maximum Gasteiger partial charge on any atom is 0.416 e. The average Bonchev–Trinajstić information content (AvgIpc) is 2.40. The van der Waals surface area contributed by atoms with Crippen LogP contribution in [0.3, 0.4) is 0 Å². The van der Waals surface area contributed by atoms with Crippen LogP contribution in [0.25, 0.3) is 0 Å². The molecule has 0 heterocycles. The van der Waals surface area contributed by atoms with Gasteiger partial charge < -0.3 is 11.1 Å². The van der Waals surface area contributed by atoms with Crippen LogP contribution in [-0.2, 0) is 6.18 Å². The number of nitrogens with two attached hydrogens (primary N) is 1. The molecule has 6 heteroatoms. The van der Waals surface area contributed by atoms with Crippen LogP contribution in [0, 0.1) is 6.92 Å². The number of carbonyl (C=O) groups excluding carboxylic acids is 1. The van der Waals surface area contributed by atoms with Gasteiger partial charge in [0, 0.05) is 5.56 Å². The number of hydrogen-bond acceptors (Lipinski definition) is 2. The number of halogens is 3. The van der Waals surface area contributed by atoms with E-state index in [0.717, 1.165) is 23.8 Å². The Kier molecular flexibility index (Phi) is 3.88. The van der Waals surface area contributed by atoms with E-state index in [1.165, 1.54) is 0 Å². The van der Waals surface area contributed by atoms with Crippen molar-refractivity contribution < 1.29 is 18.0 Å². The molecule has 0 unspecified atom stereocenters. The second-order valence-corrected chi connectivity index (χ2v) is 4.62. The number of alkyl halides is 3. The van der Waals surface area contributed by atoms with Crippen molar-refractivity contribution in [1.29, 1.82) is 0 Å². The van der Waals surface area contributed by atoms with E-state index in [2.05, 4.69) is 5.32 Å². The van der Waals surface area contributed by atoms with E-state index in [0.29, 0.717) is 5.56 Å². The molecule has 1 amide bonds. The van der Waals surface area contributed by atoms with Crippen LogP contribution in [0.1, 0.15) is 21.5 Å². The van der Waals surface area contributed by atoms with Gasteiger partial charge >= 0.3 is 6.18 Å². The molecule has 0 spiro atoms. The molecular weight excluding hydrogens is 281 g/mol. The highest BCUT2D eigenvalue weighted by Gasteiger charge is 2.30. The highest BCUT2D eigenvalue weighted by Crippen LogP contribution is 2.32. The van der Waals surface area contributed by atoms with Gasteiger partial charge in [-0.2, -0.15) is 13.2 Å². The molecule has 0 aromatic heterocycles. The summed E-state index contributed by atoms with van der Waals surface area (Å²) in [6.07, 6.45) is -4.46. The predicted octanol–water partition coefficient (Wildman–Crippen LogP) is 3.85. The Morgan fingerprint density at radius 3 is 2.24 bits per heavy atom. The fraction of sp³-hybridized carbons (Fsp3) is 0.133. The van der Waals surface area contributed by atoms with Gasteiger partial charge in [0.2, 0.25) is 0 Å². The van der Waals surface area contributed by atoms with Crippen molar-refractivity contribution in [2.24, 2.45) is 0 Å². The van der Waals surface area contributed by atoms with Crippen LogP contribution in [0.4, 0.5) is 24.5 Å². The number of nitrogen functional groups attached to an aromatic ring is 1. The Morgan fingerprint density at radius 2 is 1.71 bits per heavy atom. The molecule has 0 saturated carbocycles. The normalized spacial score (nSPS) is 11.2. The largest absolute Gasteiger partial charge is 0.416 e. The number of benzene rings is 2. The van der Waals surface area contributed by atoms with Crippen LogP contribution >= 0.6 is 0 Å². The second kappa shape index (κ2) is 5.47. The first-order valence-electron chi connectivity index (χ1n) is 6.12. The molecule has 21 heavy (non-hydrogen) atoms. The lowest BCUT2D eigenvalue weighted by molar-refractivity contribution is -0.137. The first-order chi connectivity index (χ1) is 9.77. The zero-order valence-electron chi connectivity index (χ0n) is 11.2. The molecule has 2 aromatic rings. The van der Waals surface area contributed by atoms with Crippen molar-refractivity contribution in [3.63, 3.8) is 0 Å². The fourth-order valence-corrected chi connectivity index (χ4v) is 1.75. The molecule has 3 N–H and O–H groups in total. The minimum Gasteiger partial charge on any atom is -0.397 e. The number of carbonyl (C=O) groups is 1. The zero-order chi connectivity index (χ0) is 15.6. The van der Waals surface area contributed by atoms with Gasteiger partial charge in [0.05, 0.1) is 16.9 Å². The summed E-state index contributed by atoms with van der Waals surface area (Å²) >= 11 is 0. The van der Waals surface area contributed by atoms with Crippen molar-refractivity contribution in [3.05, 3.63) is 59.2 Å². The number of rotatable bonds is 2. The van der Waals surface area contributed by atoms with Crippen molar-refractivity contribution in [2.75, 3.05) is 11.1 Å². The van der Waals surface area contributed by atoms with Crippen LogP contribution in [0.5, 0.6) is 0 Å². The molecule has 0 bridgehead atoms. The second-order valence-electron chi connectivity index (χ2n) is 4.62. The van der Waals surface area contributed by atoms with E-state index < -0.39 is 17.6 Å². The molecular formula is C15H13F3N2O. The molecule has 2 rings (SSSR count). The molecule has 0 aliphatic rings. The van der Waals surface area contributed by atoms with E-state index in [1.54, 1.807) is 24.3 Å². The molecule has 0 radical (unpaired) electrons. The van der Waals surface area contributed by atoms with Crippen molar-refractivity contribution >= 4 is 17.3 Å². The van der Waals surface area contributed by atoms with Gasteiger partial charge in [0.25, 0.3) is 5.91 Å². The van der Waals surface area contributed by atoms with Crippen molar-refractivity contribution in [1.82, 2.24) is 0 Å². The van der Waals surface area contributed by atoms with E-state index in [4.69, 9.17) is 5.73 Å². The lowest BCUT2D eigenvalue weighted by Crippen LogP contribution is -2.14. The van der Waals surface area contributed by atoms with Gasteiger partial charge in [-0.05, 0) is 37.3 Å². The van der Waals surface area contributed by atoms with Crippen LogP contribution in [-0.4, -0.2) is 5.91 Å². The summed E-state index contributed by atoms with van der Waals surface area (Å²) in [6.45, 7) is 1.88. The molecule has 110 valence electrons. The van der Waals surface area contributed by atoms with Gasteiger partial charge in [-0.3, -0.25) is 4.79 Å². The van der Waals surface area contributed by atoms with Crippen LogP contribution in [0.15, 0.2) is 42.5 Å². The fourth-order valence-electron chi connectivity index (χ4n) is 1.75. The summed E-state index contributed by atoms with van der Waals surface area (Å²) in [4.78, 5) is 12.0. The molecule has 0 atom stereocenters. The molecule has 0 aliphatic carbocycles. The Morgan fingerprint density at radius 1 is 1.10 bits per heavy atom. The van der Waals surface area contributed by atoms with Crippen LogP contribution < -0.4 is 11.1 Å². The van der Waals surface area contributed by atoms with Crippen molar-refractivity contribution in [3.8, 4) is 0 Å². The number of aryl methyl sites for hydroxylation is 1. The summed E-state index contributed by atoms with van der Waals surface area (Å²) < 4.78 is 37.6. The highest BCUT2D eigenvalue weighted by molar-refractivity contribution is 6.05. The van der Waals surface area contributed by atoms with Gasteiger partial charge in [-0.25, -0.2) is 0 Å². The topological polar surface area (TPSA) is 55.1 Å². The number of anilines is 2. The first-order valence-corrected chi connectivity index (χ1v) is 6.12. The standard InChI is InChI=1S/C15H13F3N2O/c1-9-2-4-10(5-3-9)14(21)20-13-7-6-11(8-12(13)19)15(16,17)18/h2-8H,19H2,1H3,(H,20,21). The first kappa shape index (κ1) is 14.9. The van der Waals surface area contributed by atoms with Gasteiger partial charge in [-0.15, -0.1) is 0 Å². The number of hydrogen-bond donors (Lipinski definition) is 2. The van der Waals surface area contributed by atoms with Crippen molar-refractivity contribution in [2.45, 2.75) is 13.1 Å². The quantitative estimate of drug-likeness (QED) is 0.827. The Hall–Kier alpha value is -2.50. The molecule has 2 aromatic carbocycles. The zero-order valence-corrected chi connectivity index (χ0v) is 11.2. The van der Waals surface area contributed by atoms with E-state index in [-0.39, 0.29) is 11.4 Å². The average molecular weight is 294 g/mol. The smallest absolute Gasteiger partial charge is 0.397 e. The highest BCUT2D eigenvalue weighted by atomic mass is 19.4. The summed E-state index contributed by atoms with van der Waals surface area (Å²) in [7, 11) is 0. The minimum atomic E-state index is -4.46.